The van der Waals surface area contributed by atoms with E-state index in [1.54, 1.807) is 55.6 Å². The van der Waals surface area contributed by atoms with Crippen LogP contribution >= 0.6 is 0 Å². The quantitative estimate of drug-likeness (QED) is 0.225. The van der Waals surface area contributed by atoms with Crippen molar-refractivity contribution in [2.45, 2.75) is 44.2 Å². The van der Waals surface area contributed by atoms with E-state index in [-0.39, 0.29) is 23.8 Å². The maximum Gasteiger partial charge on any atom is 0.264 e. The Balaban J connectivity index is 1.82. The largest absolute Gasteiger partial charge is 0.497 e. The number of aryl methyl sites for hydroxylation is 2. The smallest absolute Gasteiger partial charge is 0.264 e. The van der Waals surface area contributed by atoms with Gasteiger partial charge in [0.05, 0.1) is 17.7 Å². The van der Waals surface area contributed by atoms with Crippen molar-refractivity contribution < 1.29 is 22.7 Å². The average Bonchev–Trinajstić information content (AvgIpc) is 3.05. The summed E-state index contributed by atoms with van der Waals surface area (Å²) in [5.41, 5.74) is 3.72. The van der Waals surface area contributed by atoms with Crippen molar-refractivity contribution in [3.8, 4) is 5.75 Å². The van der Waals surface area contributed by atoms with Gasteiger partial charge < -0.3 is 15.0 Å². The van der Waals surface area contributed by atoms with Gasteiger partial charge in [0, 0.05) is 20.0 Å². The van der Waals surface area contributed by atoms with Crippen molar-refractivity contribution >= 4 is 27.5 Å². The van der Waals surface area contributed by atoms with Crippen molar-refractivity contribution in [2.24, 2.45) is 0 Å². The molecule has 0 spiro atoms. The fourth-order valence-electron chi connectivity index (χ4n) is 5.09. The van der Waals surface area contributed by atoms with Crippen molar-refractivity contribution in [1.29, 1.82) is 0 Å². The molecule has 2 amide bonds. The summed E-state index contributed by atoms with van der Waals surface area (Å²) >= 11 is 0. The number of nitrogens with zero attached hydrogens (tertiary/aromatic N) is 2. The molecule has 0 unspecified atom stereocenters. The van der Waals surface area contributed by atoms with E-state index in [0.29, 0.717) is 17.9 Å². The fourth-order valence-corrected chi connectivity index (χ4v) is 6.54. The molecule has 4 aromatic rings. The Morgan fingerprint density at radius 2 is 1.52 bits per heavy atom. The van der Waals surface area contributed by atoms with Crippen LogP contribution < -0.4 is 14.4 Å². The molecule has 0 aromatic heterocycles. The van der Waals surface area contributed by atoms with Crippen molar-refractivity contribution in [3.05, 3.63) is 125 Å². The number of rotatable bonds is 13. The molecule has 0 aliphatic heterocycles. The molecule has 4 aromatic carbocycles. The zero-order valence-corrected chi connectivity index (χ0v) is 26.4. The number of carbonyl (C=O) groups excluding carboxylic acids is 2. The van der Waals surface area contributed by atoms with Gasteiger partial charge in [-0.05, 0) is 60.4 Å². The number of likely N-dealkylation sites (N-methyl/N-ethyl adjacent to an activating group) is 1. The molecule has 44 heavy (non-hydrogen) atoms. The highest BCUT2D eigenvalue weighted by atomic mass is 32.2. The maximum atomic E-state index is 14.5. The Kier molecular flexibility index (Phi) is 10.8. The number of sulfonamides is 1. The second-order valence-electron chi connectivity index (χ2n) is 10.5. The standard InChI is InChI=1S/C35H39N3O5S/c1-5-29-15-9-10-17-32(29)38(44(41,42)31-20-18-26(2)19-21-31)25-34(39)37(24-28-14-11-16-30(22-28)43-4)33(35(40)36-3)23-27-12-7-6-8-13-27/h6-22,33H,5,23-25H2,1-4H3,(H,36,40)/t33-/m0/s1. The number of methoxy groups -OCH3 is 1. The summed E-state index contributed by atoms with van der Waals surface area (Å²) in [5, 5.41) is 2.70. The minimum atomic E-state index is -4.16. The predicted octanol–water partition coefficient (Wildman–Crippen LogP) is 5.15. The first kappa shape index (κ1) is 32.3. The van der Waals surface area contributed by atoms with Gasteiger partial charge in [0.15, 0.2) is 0 Å². The molecule has 0 saturated heterocycles. The van der Waals surface area contributed by atoms with Crippen molar-refractivity contribution in [1.82, 2.24) is 10.2 Å². The van der Waals surface area contributed by atoms with E-state index >= 15 is 0 Å². The summed E-state index contributed by atoms with van der Waals surface area (Å²) in [4.78, 5) is 29.4. The van der Waals surface area contributed by atoms with E-state index in [4.69, 9.17) is 4.74 Å². The Hall–Kier alpha value is -4.63. The first-order valence-corrected chi connectivity index (χ1v) is 16.0. The Morgan fingerprint density at radius 1 is 0.864 bits per heavy atom. The van der Waals surface area contributed by atoms with E-state index in [9.17, 15) is 18.0 Å². The minimum absolute atomic E-state index is 0.0643. The van der Waals surface area contributed by atoms with Crippen molar-refractivity contribution in [2.75, 3.05) is 25.0 Å². The highest BCUT2D eigenvalue weighted by Gasteiger charge is 2.35. The molecule has 0 aliphatic rings. The average molecular weight is 614 g/mol. The number of hydrogen-bond acceptors (Lipinski definition) is 5. The normalized spacial score (nSPS) is 11.8. The molecule has 0 saturated carbocycles. The zero-order valence-electron chi connectivity index (χ0n) is 25.6. The molecule has 1 atom stereocenters. The Bertz CT molecular complexity index is 1670. The molecular weight excluding hydrogens is 574 g/mol. The van der Waals surface area contributed by atoms with Gasteiger partial charge in [0.2, 0.25) is 11.8 Å². The van der Waals surface area contributed by atoms with E-state index < -0.39 is 28.5 Å². The lowest BCUT2D eigenvalue weighted by molar-refractivity contribution is -0.139. The van der Waals surface area contributed by atoms with Gasteiger partial charge >= 0.3 is 0 Å². The topological polar surface area (TPSA) is 96.0 Å². The lowest BCUT2D eigenvalue weighted by Crippen LogP contribution is -2.53. The van der Waals surface area contributed by atoms with Crippen LogP contribution in [-0.4, -0.2) is 51.9 Å². The van der Waals surface area contributed by atoms with Crippen LogP contribution in [0, 0.1) is 6.92 Å². The van der Waals surface area contributed by atoms with E-state index in [1.165, 1.54) is 16.3 Å². The number of benzene rings is 4. The molecule has 0 bridgehead atoms. The van der Waals surface area contributed by atoms with Gasteiger partial charge in [0.25, 0.3) is 10.0 Å². The number of amides is 2. The minimum Gasteiger partial charge on any atom is -0.497 e. The molecule has 0 fully saturated rings. The van der Waals surface area contributed by atoms with Crippen LogP contribution in [-0.2, 0) is 39.0 Å². The predicted molar refractivity (Wildman–Crippen MR) is 173 cm³/mol. The van der Waals surface area contributed by atoms with Crippen LogP contribution in [0.25, 0.3) is 0 Å². The summed E-state index contributed by atoms with van der Waals surface area (Å²) in [6.45, 7) is 3.38. The Morgan fingerprint density at radius 3 is 2.18 bits per heavy atom. The first-order valence-electron chi connectivity index (χ1n) is 14.5. The molecule has 1 N–H and O–H groups in total. The molecule has 9 heteroatoms. The lowest BCUT2D eigenvalue weighted by Gasteiger charge is -2.34. The summed E-state index contributed by atoms with van der Waals surface area (Å²) in [6.07, 6.45) is 0.805. The Labute approximate surface area is 260 Å². The molecular formula is C35H39N3O5S. The number of para-hydroxylation sites is 1. The molecule has 8 nitrogen and oxygen atoms in total. The summed E-state index contributed by atoms with van der Waals surface area (Å²) in [7, 11) is -1.07. The maximum absolute atomic E-state index is 14.5. The molecule has 4 rings (SSSR count). The van der Waals surface area contributed by atoms with Gasteiger partial charge in [-0.1, -0.05) is 85.3 Å². The number of hydrogen-bond donors (Lipinski definition) is 1. The number of carbonyl (C=O) groups is 2. The van der Waals surface area contributed by atoms with Crippen LogP contribution in [0.2, 0.25) is 0 Å². The van der Waals surface area contributed by atoms with Crippen LogP contribution in [0.3, 0.4) is 0 Å². The van der Waals surface area contributed by atoms with Crippen LogP contribution in [0.15, 0.2) is 108 Å². The zero-order chi connectivity index (χ0) is 31.7. The van der Waals surface area contributed by atoms with Gasteiger partial charge in [-0.25, -0.2) is 8.42 Å². The molecule has 230 valence electrons. The first-order chi connectivity index (χ1) is 21.2. The third-order valence-electron chi connectivity index (χ3n) is 7.53. The monoisotopic (exact) mass is 613 g/mol. The van der Waals surface area contributed by atoms with E-state index in [0.717, 1.165) is 22.3 Å². The molecule has 0 radical (unpaired) electrons. The SMILES string of the molecule is CCc1ccccc1N(CC(=O)N(Cc1cccc(OC)c1)[C@@H](Cc1ccccc1)C(=O)NC)S(=O)(=O)c1ccc(C)cc1. The van der Waals surface area contributed by atoms with Gasteiger partial charge in [0.1, 0.15) is 18.3 Å². The van der Waals surface area contributed by atoms with E-state index in [1.807, 2.05) is 68.4 Å². The number of ether oxygens (including phenoxy) is 1. The summed E-state index contributed by atoms with van der Waals surface area (Å²) in [6, 6.07) is 29.5. The molecule has 0 aliphatic carbocycles. The van der Waals surface area contributed by atoms with Gasteiger partial charge in [-0.15, -0.1) is 0 Å². The van der Waals surface area contributed by atoms with Gasteiger partial charge in [-0.2, -0.15) is 0 Å². The summed E-state index contributed by atoms with van der Waals surface area (Å²) in [5.74, 6) is -0.263. The lowest BCUT2D eigenvalue weighted by atomic mass is 10.0. The fraction of sp³-hybridized carbons (Fsp3) is 0.257. The third-order valence-corrected chi connectivity index (χ3v) is 9.31. The summed E-state index contributed by atoms with van der Waals surface area (Å²) < 4.78 is 35.0. The van der Waals surface area contributed by atoms with Crippen molar-refractivity contribution in [3.63, 3.8) is 0 Å². The second-order valence-corrected chi connectivity index (χ2v) is 12.4. The highest BCUT2D eigenvalue weighted by Crippen LogP contribution is 2.29. The van der Waals surface area contributed by atoms with E-state index in [2.05, 4.69) is 5.32 Å². The molecule has 0 heterocycles. The van der Waals surface area contributed by atoms with Crippen LogP contribution in [0.1, 0.15) is 29.2 Å². The number of nitrogens with one attached hydrogen (secondary N) is 1. The van der Waals surface area contributed by atoms with Gasteiger partial charge in [-0.3, -0.25) is 13.9 Å². The highest BCUT2D eigenvalue weighted by molar-refractivity contribution is 7.92. The van der Waals surface area contributed by atoms with Crippen LogP contribution in [0.5, 0.6) is 5.75 Å². The number of anilines is 1. The third kappa shape index (κ3) is 7.65. The van der Waals surface area contributed by atoms with Crippen LogP contribution in [0.4, 0.5) is 5.69 Å². The second kappa shape index (κ2) is 14.7.